The smallest absolute Gasteiger partial charge is 0.269 e. The molecule has 0 saturated carbocycles. The highest BCUT2D eigenvalue weighted by molar-refractivity contribution is 9.10. The standard InChI is InChI=1S/C21H24BrN3O3S/c1-13(2)10-11-28-18-9-8-16(22)12-17(18)20(27)23-21(29)25-24-19(26)15-6-4-14(3)5-7-15/h4-9,12-13H,10-11H2,1-3H3,(H,24,26)(H2,23,25,27,29). The summed E-state index contributed by atoms with van der Waals surface area (Å²) in [6.07, 6.45) is 0.877. The molecular formula is C21H24BrN3O3S. The molecule has 3 N–H and O–H groups in total. The number of amides is 2. The van der Waals surface area contributed by atoms with E-state index in [1.165, 1.54) is 0 Å². The third-order valence-electron chi connectivity index (χ3n) is 3.97. The van der Waals surface area contributed by atoms with E-state index in [0.29, 0.717) is 29.4 Å². The summed E-state index contributed by atoms with van der Waals surface area (Å²) in [7, 11) is 0. The lowest BCUT2D eigenvalue weighted by Gasteiger charge is -2.14. The van der Waals surface area contributed by atoms with Crippen molar-refractivity contribution in [3.8, 4) is 5.75 Å². The topological polar surface area (TPSA) is 79.5 Å². The summed E-state index contributed by atoms with van der Waals surface area (Å²) in [5, 5.41) is 2.52. The van der Waals surface area contributed by atoms with Gasteiger partial charge in [-0.3, -0.25) is 25.8 Å². The van der Waals surface area contributed by atoms with Crippen molar-refractivity contribution in [2.75, 3.05) is 6.61 Å². The lowest BCUT2D eigenvalue weighted by Crippen LogP contribution is -2.48. The van der Waals surface area contributed by atoms with Crippen molar-refractivity contribution in [2.24, 2.45) is 5.92 Å². The molecule has 0 aliphatic carbocycles. The Kier molecular flexibility index (Phi) is 8.60. The Morgan fingerprint density at radius 2 is 1.76 bits per heavy atom. The number of carbonyl (C=O) groups excluding carboxylic acids is 2. The number of nitrogens with one attached hydrogen (secondary N) is 3. The Hall–Kier alpha value is -2.45. The maximum absolute atomic E-state index is 12.6. The highest BCUT2D eigenvalue weighted by Gasteiger charge is 2.15. The second-order valence-electron chi connectivity index (χ2n) is 6.90. The first-order chi connectivity index (χ1) is 13.8. The Bertz CT molecular complexity index is 885. The van der Waals surface area contributed by atoms with Crippen LogP contribution in [0.3, 0.4) is 0 Å². The van der Waals surface area contributed by atoms with Crippen molar-refractivity contribution in [3.05, 3.63) is 63.6 Å². The van der Waals surface area contributed by atoms with E-state index in [4.69, 9.17) is 17.0 Å². The summed E-state index contributed by atoms with van der Waals surface area (Å²) in [5.74, 6) is 0.171. The number of hydrogen-bond donors (Lipinski definition) is 3. The first-order valence-corrected chi connectivity index (χ1v) is 10.4. The van der Waals surface area contributed by atoms with Gasteiger partial charge in [0.2, 0.25) is 0 Å². The minimum Gasteiger partial charge on any atom is -0.493 e. The summed E-state index contributed by atoms with van der Waals surface area (Å²) in [4.78, 5) is 24.7. The second kappa shape index (κ2) is 10.9. The third kappa shape index (κ3) is 7.47. The van der Waals surface area contributed by atoms with E-state index in [2.05, 4.69) is 45.9 Å². The van der Waals surface area contributed by atoms with Crippen molar-refractivity contribution < 1.29 is 14.3 Å². The minimum absolute atomic E-state index is 0.0245. The van der Waals surface area contributed by atoms with E-state index in [0.717, 1.165) is 16.5 Å². The molecule has 0 radical (unpaired) electrons. The molecule has 0 fully saturated rings. The molecule has 2 rings (SSSR count). The highest BCUT2D eigenvalue weighted by atomic mass is 79.9. The van der Waals surface area contributed by atoms with Gasteiger partial charge in [-0.2, -0.15) is 0 Å². The zero-order chi connectivity index (χ0) is 21.4. The molecule has 0 spiro atoms. The van der Waals surface area contributed by atoms with Gasteiger partial charge in [-0.05, 0) is 61.8 Å². The number of hydrogen-bond acceptors (Lipinski definition) is 4. The number of benzene rings is 2. The minimum atomic E-state index is -0.437. The Morgan fingerprint density at radius 3 is 2.41 bits per heavy atom. The van der Waals surface area contributed by atoms with Gasteiger partial charge in [0.15, 0.2) is 5.11 Å². The summed E-state index contributed by atoms with van der Waals surface area (Å²) in [5.41, 5.74) is 6.87. The molecule has 0 saturated heterocycles. The maximum atomic E-state index is 12.6. The summed E-state index contributed by atoms with van der Waals surface area (Å²) >= 11 is 8.47. The summed E-state index contributed by atoms with van der Waals surface area (Å²) in [6, 6.07) is 12.3. The zero-order valence-corrected chi connectivity index (χ0v) is 18.9. The SMILES string of the molecule is Cc1ccc(C(=O)NNC(=S)NC(=O)c2cc(Br)ccc2OCCC(C)C)cc1. The van der Waals surface area contributed by atoms with E-state index < -0.39 is 5.91 Å². The van der Waals surface area contributed by atoms with Crippen molar-refractivity contribution >= 4 is 45.1 Å². The highest BCUT2D eigenvalue weighted by Crippen LogP contribution is 2.23. The fraction of sp³-hybridized carbons (Fsp3) is 0.286. The van der Waals surface area contributed by atoms with Crippen molar-refractivity contribution in [1.82, 2.24) is 16.2 Å². The number of aryl methyl sites for hydroxylation is 1. The van der Waals surface area contributed by atoms with Crippen LogP contribution in [0.2, 0.25) is 0 Å². The molecule has 0 aromatic heterocycles. The zero-order valence-electron chi connectivity index (χ0n) is 16.5. The van der Waals surface area contributed by atoms with Crippen molar-refractivity contribution in [1.29, 1.82) is 0 Å². The van der Waals surface area contributed by atoms with E-state index in [1.807, 2.05) is 19.1 Å². The molecule has 8 heteroatoms. The van der Waals surface area contributed by atoms with Crippen LogP contribution in [0.15, 0.2) is 46.9 Å². The molecule has 0 unspecified atom stereocenters. The van der Waals surface area contributed by atoms with Crippen LogP contribution in [-0.2, 0) is 0 Å². The van der Waals surface area contributed by atoms with E-state index in [-0.39, 0.29) is 11.0 Å². The van der Waals surface area contributed by atoms with E-state index in [9.17, 15) is 9.59 Å². The number of carbonyl (C=O) groups is 2. The van der Waals surface area contributed by atoms with Crippen LogP contribution in [0, 0.1) is 12.8 Å². The van der Waals surface area contributed by atoms with Crippen LogP contribution in [0.1, 0.15) is 46.5 Å². The summed E-state index contributed by atoms with van der Waals surface area (Å²) < 4.78 is 6.50. The number of ether oxygens (including phenoxy) is 1. The average Bonchev–Trinajstić information content (AvgIpc) is 2.67. The number of halogens is 1. The molecule has 29 heavy (non-hydrogen) atoms. The number of hydrazine groups is 1. The molecule has 0 heterocycles. The molecule has 2 amide bonds. The first-order valence-electron chi connectivity index (χ1n) is 9.17. The van der Waals surface area contributed by atoms with E-state index >= 15 is 0 Å². The molecule has 6 nitrogen and oxygen atoms in total. The van der Waals surface area contributed by atoms with Gasteiger partial charge in [0, 0.05) is 10.0 Å². The van der Waals surface area contributed by atoms with Gasteiger partial charge in [-0.15, -0.1) is 0 Å². The molecule has 0 aliphatic rings. The Labute approximate surface area is 184 Å². The van der Waals surface area contributed by atoms with Crippen LogP contribution in [-0.4, -0.2) is 23.5 Å². The molecule has 2 aromatic rings. The maximum Gasteiger partial charge on any atom is 0.269 e. The van der Waals surface area contributed by atoms with E-state index in [1.54, 1.807) is 30.3 Å². The normalized spacial score (nSPS) is 10.4. The van der Waals surface area contributed by atoms with Crippen LogP contribution in [0.25, 0.3) is 0 Å². The van der Waals surface area contributed by atoms with Gasteiger partial charge in [-0.1, -0.05) is 47.5 Å². The fourth-order valence-corrected chi connectivity index (χ4v) is 2.81. The molecule has 0 atom stereocenters. The van der Waals surface area contributed by atoms with Crippen LogP contribution in [0.4, 0.5) is 0 Å². The molecular weight excluding hydrogens is 454 g/mol. The lowest BCUT2D eigenvalue weighted by molar-refractivity contribution is 0.0933. The monoisotopic (exact) mass is 477 g/mol. The van der Waals surface area contributed by atoms with Crippen molar-refractivity contribution in [2.45, 2.75) is 27.2 Å². The van der Waals surface area contributed by atoms with Gasteiger partial charge >= 0.3 is 0 Å². The molecule has 154 valence electrons. The van der Waals surface area contributed by atoms with Crippen LogP contribution < -0.4 is 20.9 Å². The fourth-order valence-electron chi connectivity index (χ4n) is 2.30. The molecule has 0 aliphatic heterocycles. The van der Waals surface area contributed by atoms with Gasteiger partial charge in [-0.25, -0.2) is 0 Å². The van der Waals surface area contributed by atoms with Gasteiger partial charge in [0.1, 0.15) is 5.75 Å². The predicted octanol–water partition coefficient (Wildman–Crippen LogP) is 4.13. The third-order valence-corrected chi connectivity index (χ3v) is 4.67. The Morgan fingerprint density at radius 1 is 1.07 bits per heavy atom. The predicted molar refractivity (Wildman–Crippen MR) is 121 cm³/mol. The molecule has 0 bridgehead atoms. The van der Waals surface area contributed by atoms with Crippen molar-refractivity contribution in [3.63, 3.8) is 0 Å². The van der Waals surface area contributed by atoms with Crippen LogP contribution >= 0.6 is 28.1 Å². The number of rotatable bonds is 6. The first kappa shape index (κ1) is 22.8. The molecule has 2 aromatic carbocycles. The second-order valence-corrected chi connectivity index (χ2v) is 8.22. The quantitative estimate of drug-likeness (QED) is 0.430. The summed E-state index contributed by atoms with van der Waals surface area (Å²) in [6.45, 7) is 6.66. The van der Waals surface area contributed by atoms with Gasteiger partial charge in [0.05, 0.1) is 12.2 Å². The Balaban J connectivity index is 1.94. The van der Waals surface area contributed by atoms with Crippen LogP contribution in [0.5, 0.6) is 5.75 Å². The number of thiocarbonyl (C=S) groups is 1. The lowest BCUT2D eigenvalue weighted by atomic mass is 10.1. The van der Waals surface area contributed by atoms with Gasteiger partial charge < -0.3 is 4.74 Å². The largest absolute Gasteiger partial charge is 0.493 e. The van der Waals surface area contributed by atoms with Gasteiger partial charge in [0.25, 0.3) is 11.8 Å². The average molecular weight is 478 g/mol.